The van der Waals surface area contributed by atoms with Gasteiger partial charge in [-0.1, -0.05) is 60.7 Å². The van der Waals surface area contributed by atoms with E-state index in [1.54, 1.807) is 0 Å². The van der Waals surface area contributed by atoms with Gasteiger partial charge in [0.2, 0.25) is 0 Å². The van der Waals surface area contributed by atoms with E-state index < -0.39 is 0 Å². The number of allylic oxidation sites excluding steroid dienone is 1. The molecule has 0 amide bonds. The summed E-state index contributed by atoms with van der Waals surface area (Å²) in [6.45, 7) is 0. The SMILES string of the molecule is S[C@H]1N=C(c2ccccc2)C=C(c2ccccc2)N1. The Morgan fingerprint density at radius 2 is 1.42 bits per heavy atom. The summed E-state index contributed by atoms with van der Waals surface area (Å²) in [4.78, 5) is 4.52. The van der Waals surface area contributed by atoms with Crippen LogP contribution in [-0.2, 0) is 0 Å². The molecule has 0 bridgehead atoms. The van der Waals surface area contributed by atoms with Crippen LogP contribution >= 0.6 is 12.6 Å². The van der Waals surface area contributed by atoms with Crippen molar-refractivity contribution < 1.29 is 0 Å². The Morgan fingerprint density at radius 1 is 0.842 bits per heavy atom. The third kappa shape index (κ3) is 2.71. The van der Waals surface area contributed by atoms with Crippen molar-refractivity contribution in [3.05, 3.63) is 77.9 Å². The van der Waals surface area contributed by atoms with Gasteiger partial charge in [0.25, 0.3) is 0 Å². The van der Waals surface area contributed by atoms with Gasteiger partial charge in [-0.3, -0.25) is 0 Å². The van der Waals surface area contributed by atoms with Crippen LogP contribution < -0.4 is 5.32 Å². The first kappa shape index (κ1) is 12.1. The molecule has 94 valence electrons. The molecule has 0 saturated carbocycles. The highest BCUT2D eigenvalue weighted by molar-refractivity contribution is 7.80. The quantitative estimate of drug-likeness (QED) is 0.801. The van der Waals surface area contributed by atoms with Crippen molar-refractivity contribution in [1.82, 2.24) is 5.32 Å². The summed E-state index contributed by atoms with van der Waals surface area (Å²) in [5.74, 6) is 0. The second-order valence-electron chi connectivity index (χ2n) is 4.32. The monoisotopic (exact) mass is 266 g/mol. The van der Waals surface area contributed by atoms with Crippen LogP contribution in [0.1, 0.15) is 11.1 Å². The lowest BCUT2D eigenvalue weighted by Crippen LogP contribution is -2.26. The van der Waals surface area contributed by atoms with E-state index in [1.807, 2.05) is 36.4 Å². The number of aliphatic imine (C=N–C) groups is 1. The molecule has 0 saturated heterocycles. The van der Waals surface area contributed by atoms with Gasteiger partial charge in [0, 0.05) is 5.70 Å². The maximum Gasteiger partial charge on any atom is 0.164 e. The van der Waals surface area contributed by atoms with Crippen LogP contribution in [0.5, 0.6) is 0 Å². The molecular formula is C16H14N2S. The normalized spacial score (nSPS) is 18.3. The van der Waals surface area contributed by atoms with E-state index in [1.165, 1.54) is 0 Å². The van der Waals surface area contributed by atoms with Crippen LogP contribution in [0, 0.1) is 0 Å². The van der Waals surface area contributed by atoms with Crippen molar-refractivity contribution in [2.45, 2.75) is 5.50 Å². The molecule has 0 radical (unpaired) electrons. The van der Waals surface area contributed by atoms with Crippen LogP contribution in [0.2, 0.25) is 0 Å². The number of hydrogen-bond acceptors (Lipinski definition) is 3. The molecule has 1 N–H and O–H groups in total. The van der Waals surface area contributed by atoms with Gasteiger partial charge in [-0.2, -0.15) is 0 Å². The fourth-order valence-corrected chi connectivity index (χ4v) is 2.33. The minimum absolute atomic E-state index is 0.213. The zero-order chi connectivity index (χ0) is 13.1. The van der Waals surface area contributed by atoms with Crippen molar-refractivity contribution in [3.8, 4) is 0 Å². The zero-order valence-electron chi connectivity index (χ0n) is 10.3. The molecule has 3 rings (SSSR count). The van der Waals surface area contributed by atoms with Crippen LogP contribution in [-0.4, -0.2) is 11.2 Å². The van der Waals surface area contributed by atoms with Crippen LogP contribution in [0.15, 0.2) is 71.7 Å². The van der Waals surface area contributed by atoms with Gasteiger partial charge in [-0.25, -0.2) is 4.99 Å². The highest BCUT2D eigenvalue weighted by Gasteiger charge is 2.14. The third-order valence-electron chi connectivity index (χ3n) is 2.98. The number of nitrogens with zero attached hydrogens (tertiary/aromatic N) is 1. The molecule has 2 aromatic carbocycles. The lowest BCUT2D eigenvalue weighted by molar-refractivity contribution is 0.837. The van der Waals surface area contributed by atoms with Crippen LogP contribution in [0.4, 0.5) is 0 Å². The molecule has 0 unspecified atom stereocenters. The van der Waals surface area contributed by atoms with E-state index in [0.29, 0.717) is 0 Å². The Labute approximate surface area is 118 Å². The Balaban J connectivity index is 2.00. The lowest BCUT2D eigenvalue weighted by Gasteiger charge is -2.20. The summed E-state index contributed by atoms with van der Waals surface area (Å²) in [6.07, 6.45) is 2.07. The highest BCUT2D eigenvalue weighted by Crippen LogP contribution is 2.19. The largest absolute Gasteiger partial charge is 0.355 e. The van der Waals surface area contributed by atoms with Crippen molar-refractivity contribution in [2.24, 2.45) is 4.99 Å². The first-order chi connectivity index (χ1) is 9.33. The molecule has 1 aliphatic rings. The number of hydrogen-bond donors (Lipinski definition) is 2. The molecule has 0 aliphatic carbocycles. The molecule has 19 heavy (non-hydrogen) atoms. The first-order valence-corrected chi connectivity index (χ1v) is 6.69. The predicted octanol–water partition coefficient (Wildman–Crippen LogP) is 3.33. The topological polar surface area (TPSA) is 24.4 Å². The maximum atomic E-state index is 4.52. The molecule has 1 aliphatic heterocycles. The van der Waals surface area contributed by atoms with E-state index in [9.17, 15) is 0 Å². The van der Waals surface area contributed by atoms with E-state index in [2.05, 4.69) is 53.3 Å². The summed E-state index contributed by atoms with van der Waals surface area (Å²) in [7, 11) is 0. The Hall–Kier alpha value is -2.00. The summed E-state index contributed by atoms with van der Waals surface area (Å²) in [5, 5.41) is 3.27. The summed E-state index contributed by atoms with van der Waals surface area (Å²) in [5.41, 5.74) is 4.05. The van der Waals surface area contributed by atoms with Gasteiger partial charge in [-0.15, -0.1) is 12.6 Å². The van der Waals surface area contributed by atoms with Crippen molar-refractivity contribution in [2.75, 3.05) is 0 Å². The summed E-state index contributed by atoms with van der Waals surface area (Å²) < 4.78 is 0. The number of thiol groups is 1. The standard InChI is InChI=1S/C16H14N2S/c19-16-17-14(12-7-3-1-4-8-12)11-15(18-16)13-9-5-2-6-10-13/h1-11,16-17,19H/t16-/m1/s1. The zero-order valence-corrected chi connectivity index (χ0v) is 11.2. The molecule has 0 fully saturated rings. The molecule has 0 spiro atoms. The number of benzene rings is 2. The predicted molar refractivity (Wildman–Crippen MR) is 83.3 cm³/mol. The van der Waals surface area contributed by atoms with E-state index in [4.69, 9.17) is 0 Å². The minimum Gasteiger partial charge on any atom is -0.355 e. The van der Waals surface area contributed by atoms with Gasteiger partial charge >= 0.3 is 0 Å². The van der Waals surface area contributed by atoms with Gasteiger partial charge in [0.05, 0.1) is 5.71 Å². The van der Waals surface area contributed by atoms with E-state index in [-0.39, 0.29) is 5.50 Å². The number of rotatable bonds is 2. The van der Waals surface area contributed by atoms with Crippen molar-refractivity contribution in [1.29, 1.82) is 0 Å². The third-order valence-corrected chi connectivity index (χ3v) is 3.23. The fourth-order valence-electron chi connectivity index (χ4n) is 2.07. The average Bonchev–Trinajstić information content (AvgIpc) is 2.48. The molecule has 0 aromatic heterocycles. The number of nitrogens with one attached hydrogen (secondary N) is 1. The fraction of sp³-hybridized carbons (Fsp3) is 0.0625. The molecular weight excluding hydrogens is 252 g/mol. The lowest BCUT2D eigenvalue weighted by atomic mass is 10.0. The smallest absolute Gasteiger partial charge is 0.164 e. The van der Waals surface area contributed by atoms with Gasteiger partial charge in [0.1, 0.15) is 0 Å². The highest BCUT2D eigenvalue weighted by atomic mass is 32.1. The minimum atomic E-state index is -0.213. The van der Waals surface area contributed by atoms with Gasteiger partial charge in [-0.05, 0) is 17.2 Å². The van der Waals surface area contributed by atoms with Gasteiger partial charge in [0.15, 0.2) is 5.50 Å². The Morgan fingerprint density at radius 3 is 2.05 bits per heavy atom. The van der Waals surface area contributed by atoms with Crippen LogP contribution in [0.3, 0.4) is 0 Å². The summed E-state index contributed by atoms with van der Waals surface area (Å²) in [6, 6.07) is 20.4. The molecule has 3 heteroatoms. The van der Waals surface area contributed by atoms with E-state index in [0.717, 1.165) is 22.5 Å². The Bertz CT molecular complexity index is 618. The molecule has 1 atom stereocenters. The second-order valence-corrected chi connectivity index (χ2v) is 4.81. The Kier molecular flexibility index (Phi) is 3.38. The van der Waals surface area contributed by atoms with Crippen molar-refractivity contribution in [3.63, 3.8) is 0 Å². The van der Waals surface area contributed by atoms with Crippen LogP contribution in [0.25, 0.3) is 5.70 Å². The summed E-state index contributed by atoms with van der Waals surface area (Å²) >= 11 is 4.44. The second kappa shape index (κ2) is 5.33. The van der Waals surface area contributed by atoms with Gasteiger partial charge < -0.3 is 5.32 Å². The van der Waals surface area contributed by atoms with E-state index >= 15 is 0 Å². The maximum absolute atomic E-state index is 4.52. The molecule has 1 heterocycles. The molecule has 2 aromatic rings. The molecule has 2 nitrogen and oxygen atoms in total. The van der Waals surface area contributed by atoms with Crippen molar-refractivity contribution >= 4 is 24.0 Å². The average molecular weight is 266 g/mol. The first-order valence-electron chi connectivity index (χ1n) is 6.18.